The largest absolute Gasteiger partial charge is 0.366 e. The SMILES string of the molecule is Cc1cccc(C)c1N(C)[C@@H](CNS(=O)(=O)c1ccc(Cl)cc1)c1ccccc1. The number of benzene rings is 3. The molecule has 0 saturated carbocycles. The van der Waals surface area contributed by atoms with Gasteiger partial charge in [-0.05, 0) is 54.8 Å². The van der Waals surface area contributed by atoms with Crippen LogP contribution in [0.5, 0.6) is 0 Å². The van der Waals surface area contributed by atoms with Crippen LogP contribution in [0.4, 0.5) is 5.69 Å². The molecule has 0 aliphatic rings. The lowest BCUT2D eigenvalue weighted by atomic mass is 10.0. The summed E-state index contributed by atoms with van der Waals surface area (Å²) >= 11 is 5.89. The molecule has 0 fully saturated rings. The lowest BCUT2D eigenvalue weighted by Crippen LogP contribution is -2.36. The molecule has 29 heavy (non-hydrogen) atoms. The first-order valence-electron chi connectivity index (χ1n) is 9.39. The molecule has 1 atom stereocenters. The fraction of sp³-hybridized carbons (Fsp3) is 0.217. The van der Waals surface area contributed by atoms with Gasteiger partial charge in [-0.3, -0.25) is 0 Å². The Bertz CT molecular complexity index is 1050. The van der Waals surface area contributed by atoms with Gasteiger partial charge in [0.2, 0.25) is 10.0 Å². The zero-order chi connectivity index (χ0) is 21.0. The molecule has 0 saturated heterocycles. The third-order valence-corrected chi connectivity index (χ3v) is 6.73. The maximum Gasteiger partial charge on any atom is 0.240 e. The van der Waals surface area contributed by atoms with E-state index in [0.29, 0.717) is 5.02 Å². The Hall–Kier alpha value is -2.34. The Morgan fingerprint density at radius 1 is 0.897 bits per heavy atom. The maximum atomic E-state index is 12.8. The van der Waals surface area contributed by atoms with E-state index in [1.54, 1.807) is 12.1 Å². The van der Waals surface area contributed by atoms with Gasteiger partial charge >= 0.3 is 0 Å². The van der Waals surface area contributed by atoms with Crippen LogP contribution in [-0.2, 0) is 10.0 Å². The summed E-state index contributed by atoms with van der Waals surface area (Å²) in [5, 5.41) is 0.501. The first-order valence-corrected chi connectivity index (χ1v) is 11.2. The number of rotatable bonds is 7. The average Bonchev–Trinajstić information content (AvgIpc) is 2.69. The van der Waals surface area contributed by atoms with E-state index in [-0.39, 0.29) is 17.5 Å². The van der Waals surface area contributed by atoms with Gasteiger partial charge < -0.3 is 4.90 Å². The van der Waals surface area contributed by atoms with Gasteiger partial charge in [0.1, 0.15) is 0 Å². The van der Waals surface area contributed by atoms with Crippen molar-refractivity contribution in [2.24, 2.45) is 0 Å². The highest BCUT2D eigenvalue weighted by atomic mass is 35.5. The predicted molar refractivity (Wildman–Crippen MR) is 120 cm³/mol. The number of anilines is 1. The molecule has 0 amide bonds. The molecule has 0 aliphatic heterocycles. The summed E-state index contributed by atoms with van der Waals surface area (Å²) in [6.45, 7) is 4.37. The molecule has 0 unspecified atom stereocenters. The fourth-order valence-corrected chi connectivity index (χ4v) is 4.72. The highest BCUT2D eigenvalue weighted by molar-refractivity contribution is 7.89. The van der Waals surface area contributed by atoms with Crippen LogP contribution in [0.2, 0.25) is 5.02 Å². The second kappa shape index (κ2) is 8.99. The molecule has 0 spiro atoms. The smallest absolute Gasteiger partial charge is 0.240 e. The van der Waals surface area contributed by atoms with Gasteiger partial charge in [0.25, 0.3) is 0 Å². The standard InChI is InChI=1S/C23H25ClN2O2S/c1-17-8-7-9-18(2)23(17)26(3)22(19-10-5-4-6-11-19)16-25-29(27,28)21-14-12-20(24)13-15-21/h4-15,22,25H,16H2,1-3H3/t22-/m0/s1. The summed E-state index contributed by atoms with van der Waals surface area (Å²) in [6, 6.07) is 22.1. The number of para-hydroxylation sites is 1. The molecule has 0 bridgehead atoms. The topological polar surface area (TPSA) is 49.4 Å². The van der Waals surface area contributed by atoms with Crippen molar-refractivity contribution in [3.63, 3.8) is 0 Å². The summed E-state index contributed by atoms with van der Waals surface area (Å²) in [4.78, 5) is 2.34. The minimum absolute atomic E-state index is 0.168. The van der Waals surface area contributed by atoms with E-state index in [9.17, 15) is 8.42 Å². The molecule has 0 aliphatic carbocycles. The minimum atomic E-state index is -3.65. The van der Waals surface area contributed by atoms with Gasteiger partial charge in [0, 0.05) is 24.3 Å². The van der Waals surface area contributed by atoms with Crippen molar-refractivity contribution in [1.82, 2.24) is 4.72 Å². The molecule has 0 heterocycles. The lowest BCUT2D eigenvalue weighted by Gasteiger charge is -2.33. The number of hydrogen-bond donors (Lipinski definition) is 1. The number of hydrogen-bond acceptors (Lipinski definition) is 3. The minimum Gasteiger partial charge on any atom is -0.366 e. The Morgan fingerprint density at radius 3 is 2.07 bits per heavy atom. The third kappa shape index (κ3) is 4.99. The van der Waals surface area contributed by atoms with Crippen LogP contribution in [0.25, 0.3) is 0 Å². The molecule has 0 aromatic heterocycles. The quantitative estimate of drug-likeness (QED) is 0.568. The van der Waals surface area contributed by atoms with Crippen LogP contribution < -0.4 is 9.62 Å². The first-order chi connectivity index (χ1) is 13.8. The molecular formula is C23H25ClN2O2S. The number of sulfonamides is 1. The van der Waals surface area contributed by atoms with Crippen LogP contribution in [0.3, 0.4) is 0 Å². The molecular weight excluding hydrogens is 404 g/mol. The predicted octanol–water partition coefficient (Wildman–Crippen LogP) is 5.11. The van der Waals surface area contributed by atoms with Crippen molar-refractivity contribution in [3.05, 3.63) is 94.5 Å². The van der Waals surface area contributed by atoms with Crippen molar-refractivity contribution in [2.45, 2.75) is 24.8 Å². The number of nitrogens with one attached hydrogen (secondary N) is 1. The molecule has 4 nitrogen and oxygen atoms in total. The molecule has 1 N–H and O–H groups in total. The van der Waals surface area contributed by atoms with E-state index in [1.165, 1.54) is 12.1 Å². The van der Waals surface area contributed by atoms with Crippen LogP contribution in [0.15, 0.2) is 77.7 Å². The van der Waals surface area contributed by atoms with E-state index < -0.39 is 10.0 Å². The Labute approximate surface area is 178 Å². The van der Waals surface area contributed by atoms with Gasteiger partial charge in [-0.1, -0.05) is 60.1 Å². The summed E-state index contributed by atoms with van der Waals surface area (Å²) < 4.78 is 28.4. The highest BCUT2D eigenvalue weighted by Gasteiger charge is 2.23. The summed E-state index contributed by atoms with van der Waals surface area (Å²) in [7, 11) is -1.65. The second-order valence-corrected chi connectivity index (χ2v) is 9.29. The van der Waals surface area contributed by atoms with E-state index in [4.69, 9.17) is 11.6 Å². The van der Waals surface area contributed by atoms with Crippen LogP contribution >= 0.6 is 11.6 Å². The Balaban J connectivity index is 1.92. The van der Waals surface area contributed by atoms with Gasteiger partial charge in [-0.2, -0.15) is 0 Å². The molecule has 3 rings (SSSR count). The zero-order valence-electron chi connectivity index (χ0n) is 16.8. The van der Waals surface area contributed by atoms with Crippen LogP contribution in [0, 0.1) is 13.8 Å². The van der Waals surface area contributed by atoms with E-state index in [1.807, 2.05) is 43.4 Å². The number of halogens is 1. The monoisotopic (exact) mass is 428 g/mol. The lowest BCUT2D eigenvalue weighted by molar-refractivity contribution is 0.567. The maximum absolute atomic E-state index is 12.8. The fourth-order valence-electron chi connectivity index (χ4n) is 3.56. The average molecular weight is 429 g/mol. The van der Waals surface area contributed by atoms with Gasteiger partial charge in [-0.25, -0.2) is 13.1 Å². The van der Waals surface area contributed by atoms with Crippen molar-refractivity contribution in [1.29, 1.82) is 0 Å². The molecule has 3 aromatic carbocycles. The van der Waals surface area contributed by atoms with E-state index in [0.717, 1.165) is 22.4 Å². The normalized spacial score (nSPS) is 12.6. The van der Waals surface area contributed by atoms with Crippen molar-refractivity contribution in [2.75, 3.05) is 18.5 Å². The van der Waals surface area contributed by atoms with Crippen LogP contribution in [0.1, 0.15) is 22.7 Å². The number of aryl methyl sites for hydroxylation is 2. The highest BCUT2D eigenvalue weighted by Crippen LogP contribution is 2.31. The summed E-state index contributed by atoms with van der Waals surface area (Å²) in [5.41, 5.74) is 4.44. The first kappa shape index (κ1) is 21.4. The number of likely N-dealkylation sites (N-methyl/N-ethyl adjacent to an activating group) is 1. The third-order valence-electron chi connectivity index (χ3n) is 5.03. The Kier molecular flexibility index (Phi) is 6.63. The Morgan fingerprint density at radius 2 is 1.48 bits per heavy atom. The molecule has 3 aromatic rings. The van der Waals surface area contributed by atoms with Crippen molar-refractivity contribution in [3.8, 4) is 0 Å². The molecule has 152 valence electrons. The number of nitrogens with zero attached hydrogens (tertiary/aromatic N) is 1. The van der Waals surface area contributed by atoms with E-state index in [2.05, 4.69) is 35.6 Å². The van der Waals surface area contributed by atoms with Gasteiger partial charge in [0.05, 0.1) is 10.9 Å². The van der Waals surface area contributed by atoms with E-state index >= 15 is 0 Å². The molecule has 0 radical (unpaired) electrons. The summed E-state index contributed by atoms with van der Waals surface area (Å²) in [6.07, 6.45) is 0. The van der Waals surface area contributed by atoms with Gasteiger partial charge in [0.15, 0.2) is 0 Å². The van der Waals surface area contributed by atoms with Crippen LogP contribution in [-0.4, -0.2) is 22.0 Å². The zero-order valence-corrected chi connectivity index (χ0v) is 18.3. The van der Waals surface area contributed by atoms with Crippen molar-refractivity contribution < 1.29 is 8.42 Å². The molecule has 6 heteroatoms. The van der Waals surface area contributed by atoms with Crippen molar-refractivity contribution >= 4 is 27.3 Å². The summed E-state index contributed by atoms with van der Waals surface area (Å²) in [5.74, 6) is 0. The second-order valence-electron chi connectivity index (χ2n) is 7.08. The van der Waals surface area contributed by atoms with Gasteiger partial charge in [-0.15, -0.1) is 0 Å².